The first kappa shape index (κ1) is 17.2. The number of hydrogen-bond donors (Lipinski definition) is 0. The highest BCUT2D eigenvalue weighted by molar-refractivity contribution is 5.93. The monoisotopic (exact) mass is 354 g/mol. The van der Waals surface area contributed by atoms with E-state index in [1.165, 1.54) is 34.5 Å². The topological polar surface area (TPSA) is 60.1 Å². The van der Waals surface area contributed by atoms with E-state index in [0.717, 1.165) is 10.6 Å². The van der Waals surface area contributed by atoms with Gasteiger partial charge in [0.2, 0.25) is 0 Å². The third-order valence-corrected chi connectivity index (χ3v) is 4.33. The molecular weight excluding hydrogens is 337 g/mol. The summed E-state index contributed by atoms with van der Waals surface area (Å²) < 4.78 is 42.2. The zero-order chi connectivity index (χ0) is 18.4. The van der Waals surface area contributed by atoms with Crippen LogP contribution in [0.25, 0.3) is 5.69 Å². The van der Waals surface area contributed by atoms with E-state index >= 15 is 0 Å². The average Bonchev–Trinajstić information content (AvgIpc) is 2.96. The highest BCUT2D eigenvalue weighted by atomic mass is 19.4. The SMILES string of the molecule is CCC(N1CCn2c(ccc(-n3cnc(C)c3)c2=O)C1=O)C(F)(F)F. The number of rotatable bonds is 3. The fourth-order valence-electron chi connectivity index (χ4n) is 3.11. The van der Waals surface area contributed by atoms with Crippen molar-refractivity contribution in [3.63, 3.8) is 0 Å². The lowest BCUT2D eigenvalue weighted by Gasteiger charge is -2.36. The van der Waals surface area contributed by atoms with Crippen molar-refractivity contribution in [3.8, 4) is 5.69 Å². The van der Waals surface area contributed by atoms with Crippen molar-refractivity contribution < 1.29 is 18.0 Å². The Hall–Kier alpha value is -2.58. The normalized spacial score (nSPS) is 16.0. The molecule has 1 aliphatic heterocycles. The Kier molecular flexibility index (Phi) is 4.18. The van der Waals surface area contributed by atoms with Crippen molar-refractivity contribution >= 4 is 5.91 Å². The Morgan fingerprint density at radius 1 is 1.24 bits per heavy atom. The van der Waals surface area contributed by atoms with Crippen LogP contribution in [0, 0.1) is 6.92 Å². The molecule has 0 spiro atoms. The van der Waals surface area contributed by atoms with Crippen LogP contribution in [0.15, 0.2) is 29.5 Å². The number of halogens is 3. The molecule has 0 fully saturated rings. The molecular formula is C16H17F3N4O2. The van der Waals surface area contributed by atoms with E-state index in [1.807, 2.05) is 0 Å². The van der Waals surface area contributed by atoms with Crippen LogP contribution >= 0.6 is 0 Å². The van der Waals surface area contributed by atoms with Crippen molar-refractivity contribution in [1.82, 2.24) is 19.0 Å². The second kappa shape index (κ2) is 6.05. The van der Waals surface area contributed by atoms with Gasteiger partial charge in [-0.25, -0.2) is 4.98 Å². The number of aromatic nitrogens is 3. The summed E-state index contributed by atoms with van der Waals surface area (Å²) in [4.78, 5) is 30.0. The Morgan fingerprint density at radius 2 is 1.96 bits per heavy atom. The second-order valence-corrected chi connectivity index (χ2v) is 5.95. The first-order chi connectivity index (χ1) is 11.7. The summed E-state index contributed by atoms with van der Waals surface area (Å²) in [6, 6.07) is 0.981. The molecule has 2 aromatic rings. The molecule has 3 heterocycles. The van der Waals surface area contributed by atoms with Gasteiger partial charge in [-0.3, -0.25) is 9.59 Å². The molecule has 9 heteroatoms. The number of fused-ring (bicyclic) bond motifs is 1. The molecule has 0 saturated carbocycles. The van der Waals surface area contributed by atoms with Crippen LogP contribution in [-0.2, 0) is 6.54 Å². The third-order valence-electron chi connectivity index (χ3n) is 4.33. The molecule has 2 aromatic heterocycles. The van der Waals surface area contributed by atoms with Crippen LogP contribution in [0.2, 0.25) is 0 Å². The van der Waals surface area contributed by atoms with Gasteiger partial charge in [-0.2, -0.15) is 13.2 Å². The van der Waals surface area contributed by atoms with Gasteiger partial charge in [0.05, 0.1) is 12.0 Å². The molecule has 0 aromatic carbocycles. The number of pyridine rings is 1. The average molecular weight is 354 g/mol. The summed E-state index contributed by atoms with van der Waals surface area (Å²) in [6.45, 7) is 3.03. The van der Waals surface area contributed by atoms with E-state index in [4.69, 9.17) is 0 Å². The van der Waals surface area contributed by atoms with Gasteiger partial charge in [-0.05, 0) is 25.5 Å². The minimum Gasteiger partial charge on any atom is -0.323 e. The molecule has 1 aliphatic rings. The first-order valence-corrected chi connectivity index (χ1v) is 7.86. The minimum atomic E-state index is -4.50. The summed E-state index contributed by atoms with van der Waals surface area (Å²) in [7, 11) is 0. The van der Waals surface area contributed by atoms with Crippen LogP contribution in [0.4, 0.5) is 13.2 Å². The van der Waals surface area contributed by atoms with Crippen LogP contribution in [0.5, 0.6) is 0 Å². The van der Waals surface area contributed by atoms with Crippen molar-refractivity contribution in [2.24, 2.45) is 0 Å². The predicted molar refractivity (Wildman–Crippen MR) is 83.7 cm³/mol. The number of carbonyl (C=O) groups is 1. The molecule has 0 N–H and O–H groups in total. The smallest absolute Gasteiger partial charge is 0.323 e. The van der Waals surface area contributed by atoms with Crippen LogP contribution < -0.4 is 5.56 Å². The molecule has 1 amide bonds. The Bertz CT molecular complexity index is 869. The van der Waals surface area contributed by atoms with Gasteiger partial charge in [-0.1, -0.05) is 6.92 Å². The maximum atomic E-state index is 13.1. The molecule has 0 radical (unpaired) electrons. The fraction of sp³-hybridized carbons (Fsp3) is 0.438. The van der Waals surface area contributed by atoms with Gasteiger partial charge in [0.15, 0.2) is 0 Å². The number of aryl methyl sites for hydroxylation is 1. The van der Waals surface area contributed by atoms with Gasteiger partial charge in [-0.15, -0.1) is 0 Å². The van der Waals surface area contributed by atoms with E-state index in [2.05, 4.69) is 4.98 Å². The molecule has 0 saturated heterocycles. The summed E-state index contributed by atoms with van der Waals surface area (Å²) in [5.74, 6) is -0.777. The first-order valence-electron chi connectivity index (χ1n) is 7.86. The van der Waals surface area contributed by atoms with Gasteiger partial charge in [0.1, 0.15) is 17.4 Å². The fourth-order valence-corrected chi connectivity index (χ4v) is 3.11. The molecule has 134 valence electrons. The number of alkyl halides is 3. The van der Waals surface area contributed by atoms with Crippen molar-refractivity contribution in [1.29, 1.82) is 0 Å². The lowest BCUT2D eigenvalue weighted by Crippen LogP contribution is -2.54. The quantitative estimate of drug-likeness (QED) is 0.849. The highest BCUT2D eigenvalue weighted by Crippen LogP contribution is 2.29. The van der Waals surface area contributed by atoms with E-state index in [9.17, 15) is 22.8 Å². The number of nitrogens with zero attached hydrogens (tertiary/aromatic N) is 4. The Morgan fingerprint density at radius 3 is 2.52 bits per heavy atom. The molecule has 25 heavy (non-hydrogen) atoms. The van der Waals surface area contributed by atoms with Crippen molar-refractivity contribution in [3.05, 3.63) is 46.4 Å². The van der Waals surface area contributed by atoms with E-state index in [0.29, 0.717) is 5.69 Å². The zero-order valence-corrected chi connectivity index (χ0v) is 13.7. The third kappa shape index (κ3) is 2.94. The Labute approximate surface area is 141 Å². The summed E-state index contributed by atoms with van der Waals surface area (Å²) in [5.41, 5.74) is 0.566. The molecule has 1 atom stereocenters. The van der Waals surface area contributed by atoms with Crippen LogP contribution in [0.1, 0.15) is 29.5 Å². The maximum absolute atomic E-state index is 13.1. The van der Waals surface area contributed by atoms with Crippen molar-refractivity contribution in [2.75, 3.05) is 6.54 Å². The molecule has 0 bridgehead atoms. The lowest BCUT2D eigenvalue weighted by atomic mass is 10.1. The zero-order valence-electron chi connectivity index (χ0n) is 13.7. The standard InChI is InChI=1S/C16H17F3N4O2/c1-3-13(16(17,18)19)23-7-6-22-12(15(23)25)5-4-11(14(22)24)21-8-10(2)20-9-21/h4-5,8-9,13H,3,6-7H2,1-2H3. The van der Waals surface area contributed by atoms with Crippen LogP contribution in [-0.4, -0.2) is 43.7 Å². The molecule has 0 aliphatic carbocycles. The molecule has 3 rings (SSSR count). The predicted octanol–water partition coefficient (Wildman–Crippen LogP) is 2.14. The number of amides is 1. The number of hydrogen-bond acceptors (Lipinski definition) is 3. The van der Waals surface area contributed by atoms with Gasteiger partial charge in [0.25, 0.3) is 11.5 Å². The largest absolute Gasteiger partial charge is 0.408 e. The van der Waals surface area contributed by atoms with Crippen LogP contribution in [0.3, 0.4) is 0 Å². The van der Waals surface area contributed by atoms with Gasteiger partial charge >= 0.3 is 6.18 Å². The maximum Gasteiger partial charge on any atom is 0.408 e. The Balaban J connectivity index is 2.01. The summed E-state index contributed by atoms with van der Waals surface area (Å²) >= 11 is 0. The molecule has 1 unspecified atom stereocenters. The minimum absolute atomic E-state index is 0.0218. The number of imidazole rings is 1. The lowest BCUT2D eigenvalue weighted by molar-refractivity contribution is -0.178. The van der Waals surface area contributed by atoms with Gasteiger partial charge in [0, 0.05) is 19.3 Å². The van der Waals surface area contributed by atoms with Crippen molar-refractivity contribution in [2.45, 2.75) is 39.0 Å². The summed E-state index contributed by atoms with van der Waals surface area (Å²) in [6.07, 6.45) is -1.59. The van der Waals surface area contributed by atoms with Gasteiger partial charge < -0.3 is 14.0 Å². The van der Waals surface area contributed by atoms with E-state index < -0.39 is 23.7 Å². The second-order valence-electron chi connectivity index (χ2n) is 5.95. The highest BCUT2D eigenvalue weighted by Gasteiger charge is 2.45. The molecule has 6 nitrogen and oxygen atoms in total. The van der Waals surface area contributed by atoms with E-state index in [1.54, 1.807) is 13.1 Å². The number of carbonyl (C=O) groups excluding carboxylic acids is 1. The van der Waals surface area contributed by atoms with E-state index in [-0.39, 0.29) is 25.2 Å². The summed E-state index contributed by atoms with van der Waals surface area (Å²) in [5, 5.41) is 0.